The van der Waals surface area contributed by atoms with Crippen molar-refractivity contribution in [2.45, 2.75) is 33.1 Å². The summed E-state index contributed by atoms with van der Waals surface area (Å²) in [5.41, 5.74) is 4.22. The van der Waals surface area contributed by atoms with Crippen LogP contribution in [0.5, 0.6) is 0 Å². The summed E-state index contributed by atoms with van der Waals surface area (Å²) < 4.78 is 0. The Balaban J connectivity index is 1.97. The van der Waals surface area contributed by atoms with Crippen molar-refractivity contribution >= 4 is 5.69 Å². The highest BCUT2D eigenvalue weighted by Crippen LogP contribution is 2.26. The maximum absolute atomic E-state index is 3.56. The minimum Gasteiger partial charge on any atom is -0.372 e. The second-order valence-electron chi connectivity index (χ2n) is 6.48. The highest BCUT2D eigenvalue weighted by Gasteiger charge is 2.14. The standard InChI is InChI=1S/C16H27N3/c1-13-11-14(16(2,3)4)5-6-15(13)18-12-19-9-7-17-8-10-19/h5-6,11,17-18H,7-10,12H2,1-4H3. The van der Waals surface area contributed by atoms with Gasteiger partial charge in [0.2, 0.25) is 0 Å². The third kappa shape index (κ3) is 3.95. The maximum atomic E-state index is 3.56. The van der Waals surface area contributed by atoms with E-state index in [-0.39, 0.29) is 5.41 Å². The lowest BCUT2D eigenvalue weighted by atomic mass is 9.86. The van der Waals surface area contributed by atoms with Crippen molar-refractivity contribution in [2.24, 2.45) is 0 Å². The van der Waals surface area contributed by atoms with Crippen LogP contribution in [0.3, 0.4) is 0 Å². The Labute approximate surface area is 117 Å². The molecule has 1 aromatic rings. The number of nitrogens with zero attached hydrogens (tertiary/aromatic N) is 1. The van der Waals surface area contributed by atoms with Crippen LogP contribution in [0.1, 0.15) is 31.9 Å². The molecule has 0 amide bonds. The maximum Gasteiger partial charge on any atom is 0.0679 e. The second-order valence-corrected chi connectivity index (χ2v) is 6.48. The number of nitrogens with one attached hydrogen (secondary N) is 2. The first-order valence-corrected chi connectivity index (χ1v) is 7.25. The van der Waals surface area contributed by atoms with E-state index in [4.69, 9.17) is 0 Å². The molecule has 0 saturated carbocycles. The molecule has 0 aliphatic carbocycles. The van der Waals surface area contributed by atoms with Crippen molar-refractivity contribution in [3.8, 4) is 0 Å². The van der Waals surface area contributed by atoms with Crippen LogP contribution < -0.4 is 10.6 Å². The highest BCUT2D eigenvalue weighted by atomic mass is 15.3. The van der Waals surface area contributed by atoms with Crippen LogP contribution in [0.15, 0.2) is 18.2 Å². The van der Waals surface area contributed by atoms with Crippen molar-refractivity contribution in [3.05, 3.63) is 29.3 Å². The van der Waals surface area contributed by atoms with Gasteiger partial charge in [0, 0.05) is 31.9 Å². The Kier molecular flexibility index (Phi) is 4.48. The number of piperazine rings is 1. The Morgan fingerprint density at radius 3 is 2.47 bits per heavy atom. The quantitative estimate of drug-likeness (QED) is 0.875. The van der Waals surface area contributed by atoms with Gasteiger partial charge in [-0.25, -0.2) is 0 Å². The van der Waals surface area contributed by atoms with E-state index in [0.717, 1.165) is 32.8 Å². The third-order valence-corrected chi connectivity index (χ3v) is 3.80. The van der Waals surface area contributed by atoms with Gasteiger partial charge in [-0.2, -0.15) is 0 Å². The zero-order chi connectivity index (χ0) is 13.9. The monoisotopic (exact) mass is 261 g/mol. The SMILES string of the molecule is Cc1cc(C(C)(C)C)ccc1NCN1CCNCC1. The summed E-state index contributed by atoms with van der Waals surface area (Å²) in [4.78, 5) is 2.45. The molecule has 0 atom stereocenters. The van der Waals surface area contributed by atoms with Crippen LogP contribution in [0.25, 0.3) is 0 Å². The molecule has 0 unspecified atom stereocenters. The van der Waals surface area contributed by atoms with E-state index in [1.54, 1.807) is 0 Å². The smallest absolute Gasteiger partial charge is 0.0679 e. The van der Waals surface area contributed by atoms with Gasteiger partial charge in [0.1, 0.15) is 0 Å². The van der Waals surface area contributed by atoms with E-state index in [1.165, 1.54) is 16.8 Å². The highest BCUT2D eigenvalue weighted by molar-refractivity contribution is 5.52. The molecule has 106 valence electrons. The zero-order valence-electron chi connectivity index (χ0n) is 12.7. The van der Waals surface area contributed by atoms with Gasteiger partial charge in [0.15, 0.2) is 0 Å². The number of hydrogen-bond acceptors (Lipinski definition) is 3. The minimum atomic E-state index is 0.224. The van der Waals surface area contributed by atoms with Crippen molar-refractivity contribution in [3.63, 3.8) is 0 Å². The summed E-state index contributed by atoms with van der Waals surface area (Å²) in [6, 6.07) is 6.77. The fourth-order valence-electron chi connectivity index (χ4n) is 2.39. The number of anilines is 1. The first-order chi connectivity index (χ1) is 8.97. The van der Waals surface area contributed by atoms with E-state index in [9.17, 15) is 0 Å². The normalized spacial score (nSPS) is 17.5. The van der Waals surface area contributed by atoms with Gasteiger partial charge in [-0.1, -0.05) is 32.9 Å². The van der Waals surface area contributed by atoms with Crippen LogP contribution in [0.2, 0.25) is 0 Å². The molecule has 0 bridgehead atoms. The van der Waals surface area contributed by atoms with Crippen LogP contribution in [-0.2, 0) is 5.41 Å². The molecule has 1 aromatic carbocycles. The number of rotatable bonds is 3. The molecule has 19 heavy (non-hydrogen) atoms. The van der Waals surface area contributed by atoms with E-state index in [1.807, 2.05) is 0 Å². The molecule has 0 aromatic heterocycles. The summed E-state index contributed by atoms with van der Waals surface area (Å²) in [5, 5.41) is 6.94. The van der Waals surface area contributed by atoms with Crippen molar-refractivity contribution in [2.75, 3.05) is 38.2 Å². The lowest BCUT2D eigenvalue weighted by molar-refractivity contribution is 0.256. The minimum absolute atomic E-state index is 0.224. The van der Waals surface area contributed by atoms with Gasteiger partial charge < -0.3 is 10.6 Å². The average molecular weight is 261 g/mol. The van der Waals surface area contributed by atoms with E-state index >= 15 is 0 Å². The predicted octanol–water partition coefficient (Wildman–Crippen LogP) is 2.57. The third-order valence-electron chi connectivity index (χ3n) is 3.80. The molecule has 1 aliphatic rings. The Morgan fingerprint density at radius 1 is 1.21 bits per heavy atom. The summed E-state index contributed by atoms with van der Waals surface area (Å²) in [6.07, 6.45) is 0. The molecule has 2 rings (SSSR count). The van der Waals surface area contributed by atoms with Gasteiger partial charge >= 0.3 is 0 Å². The van der Waals surface area contributed by atoms with Gasteiger partial charge in [-0.05, 0) is 29.5 Å². The Hall–Kier alpha value is -1.06. The van der Waals surface area contributed by atoms with E-state index in [0.29, 0.717) is 0 Å². The summed E-state index contributed by atoms with van der Waals surface area (Å²) in [5.74, 6) is 0. The lowest BCUT2D eigenvalue weighted by Crippen LogP contribution is -2.45. The fraction of sp³-hybridized carbons (Fsp3) is 0.625. The molecule has 1 aliphatic heterocycles. The molecule has 1 saturated heterocycles. The summed E-state index contributed by atoms with van der Waals surface area (Å²) in [6.45, 7) is 14.4. The zero-order valence-corrected chi connectivity index (χ0v) is 12.7. The Bertz CT molecular complexity index is 414. The second kappa shape index (κ2) is 5.93. The Morgan fingerprint density at radius 2 is 1.89 bits per heavy atom. The predicted molar refractivity (Wildman–Crippen MR) is 82.8 cm³/mol. The molecular formula is C16H27N3. The van der Waals surface area contributed by atoms with Crippen LogP contribution in [-0.4, -0.2) is 37.7 Å². The molecule has 2 N–H and O–H groups in total. The molecule has 1 heterocycles. The molecular weight excluding hydrogens is 234 g/mol. The molecule has 0 spiro atoms. The average Bonchev–Trinajstić information content (AvgIpc) is 2.37. The van der Waals surface area contributed by atoms with Gasteiger partial charge in [0.05, 0.1) is 6.67 Å². The van der Waals surface area contributed by atoms with Crippen molar-refractivity contribution < 1.29 is 0 Å². The summed E-state index contributed by atoms with van der Waals surface area (Å²) >= 11 is 0. The molecule has 3 nitrogen and oxygen atoms in total. The van der Waals surface area contributed by atoms with Crippen LogP contribution in [0.4, 0.5) is 5.69 Å². The molecule has 1 fully saturated rings. The number of aryl methyl sites for hydroxylation is 1. The topological polar surface area (TPSA) is 27.3 Å². The first-order valence-electron chi connectivity index (χ1n) is 7.25. The van der Waals surface area contributed by atoms with E-state index in [2.05, 4.69) is 61.4 Å². The van der Waals surface area contributed by atoms with Crippen molar-refractivity contribution in [1.82, 2.24) is 10.2 Å². The van der Waals surface area contributed by atoms with Gasteiger partial charge in [-0.3, -0.25) is 4.90 Å². The van der Waals surface area contributed by atoms with Crippen LogP contribution in [0, 0.1) is 6.92 Å². The molecule has 3 heteroatoms. The van der Waals surface area contributed by atoms with E-state index < -0.39 is 0 Å². The number of benzene rings is 1. The summed E-state index contributed by atoms with van der Waals surface area (Å²) in [7, 11) is 0. The fourth-order valence-corrected chi connectivity index (χ4v) is 2.39. The number of hydrogen-bond donors (Lipinski definition) is 2. The molecule has 0 radical (unpaired) electrons. The van der Waals surface area contributed by atoms with Crippen molar-refractivity contribution in [1.29, 1.82) is 0 Å². The lowest BCUT2D eigenvalue weighted by Gasteiger charge is -2.28. The van der Waals surface area contributed by atoms with Crippen LogP contribution >= 0.6 is 0 Å². The van der Waals surface area contributed by atoms with Gasteiger partial charge in [-0.15, -0.1) is 0 Å². The van der Waals surface area contributed by atoms with Gasteiger partial charge in [0.25, 0.3) is 0 Å². The first kappa shape index (κ1) is 14.4. The largest absolute Gasteiger partial charge is 0.372 e.